The second-order valence-electron chi connectivity index (χ2n) is 7.34. The van der Waals surface area contributed by atoms with Gasteiger partial charge in [0.05, 0.1) is 20.1 Å². The van der Waals surface area contributed by atoms with Crippen LogP contribution in [0.4, 0.5) is 0 Å². The number of hydrogen-bond donors (Lipinski definition) is 2. The smallest absolute Gasteiger partial charge is 0.268 e. The molecule has 7 heteroatoms. The second-order valence-corrected chi connectivity index (χ2v) is 14.1. The lowest BCUT2D eigenvalue weighted by molar-refractivity contribution is -0.0216. The maximum absolute atomic E-state index is 9.99. The molecule has 0 bridgehead atoms. The molecule has 2 unspecified atom stereocenters. The predicted molar refractivity (Wildman–Crippen MR) is 106 cm³/mol. The highest BCUT2D eigenvalue weighted by atomic mass is 31.2. The first kappa shape index (κ1) is 24.0. The van der Waals surface area contributed by atoms with Gasteiger partial charge in [0.1, 0.15) is 0 Å². The van der Waals surface area contributed by atoms with Gasteiger partial charge in [-0.25, -0.2) is 5.01 Å². The molecule has 0 amide bonds. The van der Waals surface area contributed by atoms with E-state index in [1.807, 2.05) is 32.7 Å². The predicted octanol–water partition coefficient (Wildman–Crippen LogP) is 4.57. The molecule has 0 aromatic rings. The Balaban J connectivity index is 5.55. The zero-order chi connectivity index (χ0) is 19.1. The van der Waals surface area contributed by atoms with E-state index in [0.29, 0.717) is 12.1 Å². The van der Waals surface area contributed by atoms with Gasteiger partial charge in [0.2, 0.25) is 0 Å². The van der Waals surface area contributed by atoms with Crippen LogP contribution in [0.5, 0.6) is 0 Å². The topological polar surface area (TPSA) is 70.7 Å². The van der Waals surface area contributed by atoms with Crippen molar-refractivity contribution in [2.75, 3.05) is 6.54 Å². The van der Waals surface area contributed by atoms with Crippen LogP contribution in [0, 0.1) is 17.2 Å². The van der Waals surface area contributed by atoms with Crippen LogP contribution in [0.15, 0.2) is 0 Å². The van der Waals surface area contributed by atoms with Gasteiger partial charge in [-0.05, 0) is 33.2 Å². The molecule has 0 heterocycles. The van der Waals surface area contributed by atoms with Crippen molar-refractivity contribution in [3.63, 3.8) is 0 Å². The van der Waals surface area contributed by atoms with Gasteiger partial charge in [0.25, 0.3) is 8.53 Å². The fourth-order valence-corrected chi connectivity index (χ4v) is 9.40. The summed E-state index contributed by atoms with van der Waals surface area (Å²) in [6, 6.07) is 6.29. The van der Waals surface area contributed by atoms with Crippen molar-refractivity contribution in [1.82, 2.24) is 9.79 Å². The van der Waals surface area contributed by atoms with Crippen molar-refractivity contribution in [2.24, 2.45) is 5.92 Å². The SMILES string of the molecule is CC[Si](CC)(CC)C(C)C(C#N)CN(N(C(C)C)C(C)C)P(O)O. The molecule has 0 radical (unpaired) electrons. The molecule has 0 aliphatic heterocycles. The number of hydrogen-bond acceptors (Lipinski definition) is 5. The molecule has 0 aromatic carbocycles. The Morgan fingerprint density at radius 1 is 0.958 bits per heavy atom. The molecule has 2 atom stereocenters. The van der Waals surface area contributed by atoms with Crippen molar-refractivity contribution in [2.45, 2.75) is 91.1 Å². The maximum atomic E-state index is 9.99. The van der Waals surface area contributed by atoms with Crippen LogP contribution in [-0.2, 0) is 0 Å². The summed E-state index contributed by atoms with van der Waals surface area (Å²) >= 11 is 0. The van der Waals surface area contributed by atoms with Gasteiger partial charge in [-0.1, -0.05) is 45.8 Å². The molecule has 0 rings (SSSR count). The average Bonchev–Trinajstić information content (AvgIpc) is 2.52. The molecule has 0 fully saturated rings. The third-order valence-corrected chi connectivity index (χ3v) is 13.1. The molecular formula is C17H38N3O2PSi. The fourth-order valence-electron chi connectivity index (χ4n) is 4.02. The molecule has 0 aromatic heterocycles. The minimum atomic E-state index is -2.26. The van der Waals surface area contributed by atoms with E-state index in [-0.39, 0.29) is 18.0 Å². The third-order valence-electron chi connectivity index (χ3n) is 5.74. The lowest BCUT2D eigenvalue weighted by Crippen LogP contribution is -2.51. The van der Waals surface area contributed by atoms with Gasteiger partial charge < -0.3 is 9.79 Å². The van der Waals surface area contributed by atoms with Crippen molar-refractivity contribution in [3.05, 3.63) is 0 Å². The first-order valence-corrected chi connectivity index (χ1v) is 13.1. The van der Waals surface area contributed by atoms with E-state index < -0.39 is 16.6 Å². The van der Waals surface area contributed by atoms with Crippen LogP contribution >= 0.6 is 8.53 Å². The lowest BCUT2D eigenvalue weighted by atomic mass is 10.1. The second kappa shape index (κ2) is 10.9. The first-order chi connectivity index (χ1) is 11.1. The number of nitrogens with zero attached hydrogens (tertiary/aromatic N) is 3. The van der Waals surface area contributed by atoms with Gasteiger partial charge in [-0.2, -0.15) is 10.0 Å². The van der Waals surface area contributed by atoms with Crippen LogP contribution in [0.25, 0.3) is 0 Å². The molecule has 0 aliphatic rings. The summed E-state index contributed by atoms with van der Waals surface area (Å²) in [5.74, 6) is -0.180. The van der Waals surface area contributed by atoms with Gasteiger partial charge in [0, 0.05) is 18.6 Å². The Hall–Kier alpha value is -0.0231. The van der Waals surface area contributed by atoms with Crippen LogP contribution in [0.3, 0.4) is 0 Å². The fraction of sp³-hybridized carbons (Fsp3) is 0.941. The Morgan fingerprint density at radius 2 is 1.38 bits per heavy atom. The summed E-state index contributed by atoms with van der Waals surface area (Å²) in [4.78, 5) is 20.0. The molecule has 5 nitrogen and oxygen atoms in total. The zero-order valence-corrected chi connectivity index (χ0v) is 18.7. The molecule has 0 aliphatic carbocycles. The van der Waals surface area contributed by atoms with Gasteiger partial charge in [-0.3, -0.25) is 0 Å². The highest BCUT2D eigenvalue weighted by molar-refractivity contribution is 7.42. The molecule has 2 N–H and O–H groups in total. The summed E-state index contributed by atoms with van der Waals surface area (Å²) in [6.07, 6.45) is 0. The van der Waals surface area contributed by atoms with E-state index in [0.717, 1.165) is 0 Å². The van der Waals surface area contributed by atoms with Crippen LogP contribution in [0.1, 0.15) is 55.4 Å². The van der Waals surface area contributed by atoms with Gasteiger partial charge in [0.15, 0.2) is 0 Å². The quantitative estimate of drug-likeness (QED) is 0.314. The first-order valence-electron chi connectivity index (χ1n) is 9.24. The Kier molecular flexibility index (Phi) is 10.8. The Morgan fingerprint density at radius 3 is 1.62 bits per heavy atom. The summed E-state index contributed by atoms with van der Waals surface area (Å²) in [7, 11) is -3.78. The van der Waals surface area contributed by atoms with Crippen molar-refractivity contribution in [1.29, 1.82) is 5.26 Å². The van der Waals surface area contributed by atoms with Crippen molar-refractivity contribution in [3.8, 4) is 6.07 Å². The standard InChI is InChI=1S/C17H38N3O2PSi/c1-9-24(10-2,11-3)16(8)17(12-18)13-19(23(21)22)20(14(4)5)15(6)7/h14-17,21-22H,9-11,13H2,1-8H3. The van der Waals surface area contributed by atoms with Gasteiger partial charge >= 0.3 is 0 Å². The van der Waals surface area contributed by atoms with Crippen LogP contribution in [0.2, 0.25) is 23.7 Å². The summed E-state index contributed by atoms with van der Waals surface area (Å²) in [5, 5.41) is 11.8. The number of hydrazine groups is 1. The normalized spacial score (nSPS) is 15.6. The van der Waals surface area contributed by atoms with E-state index >= 15 is 0 Å². The molecule has 142 valence electrons. The lowest BCUT2D eigenvalue weighted by Gasteiger charge is -2.44. The molecule has 0 saturated carbocycles. The minimum absolute atomic E-state index is 0.148. The summed E-state index contributed by atoms with van der Waals surface area (Å²) in [6.45, 7) is 17.5. The molecular weight excluding hydrogens is 337 g/mol. The Labute approximate surface area is 151 Å². The maximum Gasteiger partial charge on any atom is 0.268 e. The van der Waals surface area contributed by atoms with Gasteiger partial charge in [-0.15, -0.1) is 0 Å². The van der Waals surface area contributed by atoms with E-state index in [2.05, 4.69) is 33.8 Å². The van der Waals surface area contributed by atoms with E-state index in [1.165, 1.54) is 18.1 Å². The highest BCUT2D eigenvalue weighted by Crippen LogP contribution is 2.42. The van der Waals surface area contributed by atoms with Crippen LogP contribution < -0.4 is 0 Å². The minimum Gasteiger partial charge on any atom is -0.337 e. The molecule has 0 spiro atoms. The molecule has 0 saturated heterocycles. The molecule has 24 heavy (non-hydrogen) atoms. The zero-order valence-electron chi connectivity index (χ0n) is 16.8. The summed E-state index contributed by atoms with van der Waals surface area (Å²) < 4.78 is 1.63. The largest absolute Gasteiger partial charge is 0.337 e. The Bertz CT molecular complexity index is 382. The third kappa shape index (κ3) is 5.76. The van der Waals surface area contributed by atoms with Crippen LogP contribution in [-0.4, -0.2) is 46.3 Å². The van der Waals surface area contributed by atoms with E-state index in [9.17, 15) is 15.0 Å². The monoisotopic (exact) mass is 375 g/mol. The number of rotatable bonds is 11. The average molecular weight is 376 g/mol. The van der Waals surface area contributed by atoms with Crippen molar-refractivity contribution < 1.29 is 9.79 Å². The van der Waals surface area contributed by atoms with Crippen molar-refractivity contribution >= 4 is 16.6 Å². The summed E-state index contributed by atoms with van der Waals surface area (Å²) in [5.41, 5.74) is 0.334. The number of nitriles is 1. The van der Waals surface area contributed by atoms with E-state index in [1.54, 1.807) is 4.78 Å². The van der Waals surface area contributed by atoms with E-state index in [4.69, 9.17) is 0 Å². The highest BCUT2D eigenvalue weighted by Gasteiger charge is 2.40.